The highest BCUT2D eigenvalue weighted by molar-refractivity contribution is 5.87. The van der Waals surface area contributed by atoms with Crippen LogP contribution in [0.5, 0.6) is 0 Å². The molecular weight excluding hydrogens is 416 g/mol. The van der Waals surface area contributed by atoms with Gasteiger partial charge in [0, 0.05) is 39.2 Å². The van der Waals surface area contributed by atoms with Crippen molar-refractivity contribution in [3.8, 4) is 22.8 Å². The molecule has 1 fully saturated rings. The third-order valence-corrected chi connectivity index (χ3v) is 5.10. The molecule has 0 saturated carbocycles. The summed E-state index contributed by atoms with van der Waals surface area (Å²) in [5.41, 5.74) is 0.301. The van der Waals surface area contributed by atoms with Crippen molar-refractivity contribution in [1.82, 2.24) is 35.2 Å². The van der Waals surface area contributed by atoms with Crippen LogP contribution in [0.25, 0.3) is 22.8 Å². The van der Waals surface area contributed by atoms with Crippen LogP contribution < -0.4 is 5.32 Å². The van der Waals surface area contributed by atoms with E-state index in [1.807, 2.05) is 0 Å². The normalized spacial score (nSPS) is 18.3. The summed E-state index contributed by atoms with van der Waals surface area (Å²) in [7, 11) is 1.63. The number of likely N-dealkylation sites (N-methyl/N-ethyl adjacent to an activating group) is 1. The molecule has 1 saturated heterocycles. The van der Waals surface area contributed by atoms with Crippen molar-refractivity contribution in [3.05, 3.63) is 48.2 Å². The quantitative estimate of drug-likeness (QED) is 0.471. The van der Waals surface area contributed by atoms with E-state index in [4.69, 9.17) is 8.94 Å². The molecule has 1 aliphatic rings. The number of carbonyl (C=O) groups excluding carboxylic acids is 1. The van der Waals surface area contributed by atoms with Gasteiger partial charge in [0.05, 0.1) is 17.1 Å². The molecule has 0 radical (unpaired) electrons. The first-order valence-electron chi connectivity index (χ1n) is 9.75. The van der Waals surface area contributed by atoms with E-state index < -0.39 is 11.5 Å². The van der Waals surface area contributed by atoms with Gasteiger partial charge in [0.1, 0.15) is 5.69 Å². The van der Waals surface area contributed by atoms with Gasteiger partial charge < -0.3 is 18.9 Å². The summed E-state index contributed by atoms with van der Waals surface area (Å²) < 4.78 is 10.6. The fourth-order valence-corrected chi connectivity index (χ4v) is 3.40. The Balaban J connectivity index is 1.42. The minimum atomic E-state index is -1.71. The van der Waals surface area contributed by atoms with E-state index in [0.29, 0.717) is 35.2 Å². The van der Waals surface area contributed by atoms with Crippen LogP contribution in [0.3, 0.4) is 0 Å². The summed E-state index contributed by atoms with van der Waals surface area (Å²) >= 11 is 0. The molecule has 12 heteroatoms. The van der Waals surface area contributed by atoms with Crippen LogP contribution in [0.15, 0.2) is 45.5 Å². The predicted octanol–water partition coefficient (Wildman–Crippen LogP) is 1.68. The van der Waals surface area contributed by atoms with E-state index in [0.717, 1.165) is 0 Å². The highest BCUT2D eigenvalue weighted by Gasteiger charge is 2.48. The standard InChI is InChI=1S/C20H18N8O4/c1-11-25-26-19(31-11)24-18-21-8-6-14(23-18)12-4-3-5-13(22-12)15-10-16(32-27-15)20(30)7-9-28(2)17(20)29/h3-6,8,10,30H,7,9H2,1-2H3,(H,21,23,24,26)/t20-/m1/s1. The molecule has 0 spiro atoms. The van der Waals surface area contributed by atoms with E-state index in [1.165, 1.54) is 11.0 Å². The van der Waals surface area contributed by atoms with Gasteiger partial charge in [-0.25, -0.2) is 15.0 Å². The van der Waals surface area contributed by atoms with Crippen LogP contribution >= 0.6 is 0 Å². The largest absolute Gasteiger partial charge is 0.408 e. The fourth-order valence-electron chi connectivity index (χ4n) is 3.40. The highest BCUT2D eigenvalue weighted by atomic mass is 16.5. The van der Waals surface area contributed by atoms with Crippen molar-refractivity contribution < 1.29 is 18.8 Å². The summed E-state index contributed by atoms with van der Waals surface area (Å²) in [5.74, 6) is 0.366. The Labute approximate surface area is 181 Å². The second-order valence-corrected chi connectivity index (χ2v) is 7.34. The van der Waals surface area contributed by atoms with Crippen molar-refractivity contribution in [2.75, 3.05) is 18.9 Å². The number of carbonyl (C=O) groups is 1. The van der Waals surface area contributed by atoms with E-state index in [9.17, 15) is 9.90 Å². The molecule has 4 aromatic rings. The lowest BCUT2D eigenvalue weighted by Crippen LogP contribution is -2.35. The van der Waals surface area contributed by atoms with Gasteiger partial charge in [-0.1, -0.05) is 16.3 Å². The van der Waals surface area contributed by atoms with E-state index >= 15 is 0 Å². The second-order valence-electron chi connectivity index (χ2n) is 7.34. The molecule has 0 unspecified atom stereocenters. The minimum Gasteiger partial charge on any atom is -0.408 e. The lowest BCUT2D eigenvalue weighted by molar-refractivity contribution is -0.144. The Kier molecular flexibility index (Phi) is 4.63. The number of hydrogen-bond donors (Lipinski definition) is 2. The van der Waals surface area contributed by atoms with Crippen molar-refractivity contribution in [3.63, 3.8) is 0 Å². The Morgan fingerprint density at radius 3 is 2.62 bits per heavy atom. The molecule has 5 heterocycles. The molecule has 32 heavy (non-hydrogen) atoms. The van der Waals surface area contributed by atoms with Crippen molar-refractivity contribution in [2.45, 2.75) is 18.9 Å². The number of pyridine rings is 1. The number of anilines is 2. The zero-order valence-electron chi connectivity index (χ0n) is 17.2. The number of nitrogens with zero attached hydrogens (tertiary/aromatic N) is 7. The lowest BCUT2D eigenvalue weighted by atomic mass is 9.98. The number of likely N-dealkylation sites (tertiary alicyclic amines) is 1. The molecular formula is C20H18N8O4. The number of aliphatic hydroxyl groups is 1. The van der Waals surface area contributed by atoms with Gasteiger partial charge >= 0.3 is 6.01 Å². The van der Waals surface area contributed by atoms with E-state index in [2.05, 4.69) is 35.6 Å². The molecule has 12 nitrogen and oxygen atoms in total. The molecule has 2 N–H and O–H groups in total. The highest BCUT2D eigenvalue weighted by Crippen LogP contribution is 2.34. The maximum absolute atomic E-state index is 12.3. The zero-order valence-corrected chi connectivity index (χ0v) is 17.2. The molecule has 5 rings (SSSR count). The Bertz CT molecular complexity index is 1300. The van der Waals surface area contributed by atoms with Crippen molar-refractivity contribution >= 4 is 17.9 Å². The van der Waals surface area contributed by atoms with Gasteiger partial charge in [0.15, 0.2) is 5.76 Å². The van der Waals surface area contributed by atoms with Crippen LogP contribution in [-0.4, -0.2) is 59.8 Å². The first-order chi connectivity index (χ1) is 15.4. The van der Waals surface area contributed by atoms with E-state index in [1.54, 1.807) is 44.4 Å². The predicted molar refractivity (Wildman–Crippen MR) is 109 cm³/mol. The summed E-state index contributed by atoms with van der Waals surface area (Å²) in [6.07, 6.45) is 1.81. The zero-order chi connectivity index (χ0) is 22.3. The summed E-state index contributed by atoms with van der Waals surface area (Å²) in [6.45, 7) is 2.12. The Hall–Kier alpha value is -4.19. The number of amides is 1. The van der Waals surface area contributed by atoms with Gasteiger partial charge in [0.2, 0.25) is 17.4 Å². The van der Waals surface area contributed by atoms with Gasteiger partial charge in [-0.05, 0) is 18.2 Å². The molecule has 1 aliphatic heterocycles. The second kappa shape index (κ2) is 7.50. The van der Waals surface area contributed by atoms with Gasteiger partial charge in [0.25, 0.3) is 5.91 Å². The molecule has 1 amide bonds. The van der Waals surface area contributed by atoms with E-state index in [-0.39, 0.29) is 24.1 Å². The van der Waals surface area contributed by atoms with Crippen molar-refractivity contribution in [2.24, 2.45) is 0 Å². The summed E-state index contributed by atoms with van der Waals surface area (Å²) in [6, 6.07) is 8.76. The average molecular weight is 434 g/mol. The number of hydrogen-bond acceptors (Lipinski definition) is 11. The average Bonchev–Trinajstić information content (AvgIpc) is 3.52. The lowest BCUT2D eigenvalue weighted by Gasteiger charge is -2.16. The van der Waals surface area contributed by atoms with Gasteiger partial charge in [-0.3, -0.25) is 10.1 Å². The first-order valence-corrected chi connectivity index (χ1v) is 9.75. The Morgan fingerprint density at radius 2 is 1.91 bits per heavy atom. The van der Waals surface area contributed by atoms with Crippen LogP contribution in [-0.2, 0) is 10.4 Å². The monoisotopic (exact) mass is 434 g/mol. The molecule has 0 aromatic carbocycles. The van der Waals surface area contributed by atoms with Crippen LogP contribution in [0.2, 0.25) is 0 Å². The first kappa shape index (κ1) is 19.8. The number of aryl methyl sites for hydroxylation is 1. The summed E-state index contributed by atoms with van der Waals surface area (Å²) in [4.78, 5) is 26.9. The van der Waals surface area contributed by atoms with Crippen LogP contribution in [0.1, 0.15) is 18.1 Å². The van der Waals surface area contributed by atoms with Gasteiger partial charge in [-0.15, -0.1) is 5.10 Å². The third kappa shape index (κ3) is 3.46. The molecule has 162 valence electrons. The topological polar surface area (TPSA) is 156 Å². The molecule has 4 aromatic heterocycles. The smallest absolute Gasteiger partial charge is 0.322 e. The van der Waals surface area contributed by atoms with Crippen LogP contribution in [0, 0.1) is 6.92 Å². The number of aromatic nitrogens is 6. The maximum atomic E-state index is 12.3. The number of nitrogens with one attached hydrogen (secondary N) is 1. The molecule has 1 atom stereocenters. The Morgan fingerprint density at radius 1 is 1.12 bits per heavy atom. The fraction of sp³-hybridized carbons (Fsp3) is 0.250. The maximum Gasteiger partial charge on any atom is 0.322 e. The van der Waals surface area contributed by atoms with Gasteiger partial charge in [-0.2, -0.15) is 0 Å². The van der Waals surface area contributed by atoms with Crippen LogP contribution in [0.4, 0.5) is 12.0 Å². The van der Waals surface area contributed by atoms with Crippen molar-refractivity contribution in [1.29, 1.82) is 0 Å². The minimum absolute atomic E-state index is 0.0948. The SMILES string of the molecule is Cc1nnc(Nc2nccc(-c3cccc(-c4cc([C@]5(O)CCN(C)C5=O)on4)n3)n2)o1. The molecule has 0 aliphatic carbocycles. The molecule has 0 bridgehead atoms. The summed E-state index contributed by atoms with van der Waals surface area (Å²) in [5, 5.41) is 25.2. The third-order valence-electron chi connectivity index (χ3n) is 5.10. The number of rotatable bonds is 5.